The molecule has 3 atom stereocenters. The molecule has 38 heavy (non-hydrogen) atoms. The standard InChI is InChI=1S/C30H34N4O4/c1-21(2)30(31,29(36)37-20-24-15-9-10-16-32-24)28(35)33-26(18-23-13-7-4-8-14-23)27-19-25(34-38-27)17-22-11-5-3-6-12-22/h3-16,21,26-27H,17-20,31H2,1-2H3,(H,33,35)/t26?,27?,30-/m0/s1. The van der Waals surface area contributed by atoms with Crippen molar-refractivity contribution >= 4 is 17.6 Å². The van der Waals surface area contributed by atoms with Crippen molar-refractivity contribution in [2.45, 2.75) is 57.4 Å². The molecule has 1 amide bonds. The normalized spacial score (nSPS) is 17.2. The predicted molar refractivity (Wildman–Crippen MR) is 145 cm³/mol. The third-order valence-electron chi connectivity index (χ3n) is 6.77. The van der Waals surface area contributed by atoms with Gasteiger partial charge in [0.25, 0.3) is 5.91 Å². The number of amides is 1. The summed E-state index contributed by atoms with van der Waals surface area (Å²) < 4.78 is 5.44. The van der Waals surface area contributed by atoms with Crippen LogP contribution in [0.3, 0.4) is 0 Å². The lowest BCUT2D eigenvalue weighted by atomic mass is 9.85. The minimum atomic E-state index is -1.89. The predicted octanol–water partition coefficient (Wildman–Crippen LogP) is 3.59. The zero-order chi connectivity index (χ0) is 27.0. The first kappa shape index (κ1) is 27.0. The minimum absolute atomic E-state index is 0.0749. The van der Waals surface area contributed by atoms with Crippen molar-refractivity contribution in [3.63, 3.8) is 0 Å². The van der Waals surface area contributed by atoms with Gasteiger partial charge in [0.2, 0.25) is 0 Å². The van der Waals surface area contributed by atoms with E-state index in [0.717, 1.165) is 16.8 Å². The van der Waals surface area contributed by atoms with Crippen LogP contribution in [-0.2, 0) is 38.6 Å². The third-order valence-corrected chi connectivity index (χ3v) is 6.77. The number of oxime groups is 1. The van der Waals surface area contributed by atoms with Crippen LogP contribution in [0, 0.1) is 5.92 Å². The van der Waals surface area contributed by atoms with Crippen molar-refractivity contribution in [3.05, 3.63) is 102 Å². The second-order valence-electron chi connectivity index (χ2n) is 9.86. The number of hydrogen-bond acceptors (Lipinski definition) is 7. The molecule has 0 saturated heterocycles. The van der Waals surface area contributed by atoms with Crippen LogP contribution in [0.25, 0.3) is 0 Å². The van der Waals surface area contributed by atoms with Crippen LogP contribution in [0.5, 0.6) is 0 Å². The van der Waals surface area contributed by atoms with Crippen molar-refractivity contribution in [3.8, 4) is 0 Å². The molecule has 3 aromatic rings. The number of nitrogens with two attached hydrogens (primary N) is 1. The molecule has 198 valence electrons. The fraction of sp³-hybridized carbons (Fsp3) is 0.333. The van der Waals surface area contributed by atoms with Gasteiger partial charge in [-0.1, -0.05) is 85.7 Å². The summed E-state index contributed by atoms with van der Waals surface area (Å²) in [7, 11) is 0. The van der Waals surface area contributed by atoms with Crippen LogP contribution in [0.2, 0.25) is 0 Å². The molecule has 2 unspecified atom stereocenters. The fourth-order valence-corrected chi connectivity index (χ4v) is 4.36. The van der Waals surface area contributed by atoms with Gasteiger partial charge in [-0.15, -0.1) is 0 Å². The second kappa shape index (κ2) is 12.5. The molecule has 1 aliphatic heterocycles. The summed E-state index contributed by atoms with van der Waals surface area (Å²) in [5, 5.41) is 7.33. The highest BCUT2D eigenvalue weighted by molar-refractivity contribution is 6.07. The summed E-state index contributed by atoms with van der Waals surface area (Å²) in [4.78, 5) is 36.8. The summed E-state index contributed by atoms with van der Waals surface area (Å²) in [6.45, 7) is 3.37. The Kier molecular flexibility index (Phi) is 8.86. The summed E-state index contributed by atoms with van der Waals surface area (Å²) in [6.07, 6.45) is 2.91. The smallest absolute Gasteiger partial charge is 0.336 e. The molecule has 8 nitrogen and oxygen atoms in total. The number of ether oxygens (including phenoxy) is 1. The van der Waals surface area contributed by atoms with Gasteiger partial charge in [0.1, 0.15) is 6.61 Å². The molecule has 4 rings (SSSR count). The van der Waals surface area contributed by atoms with Crippen LogP contribution in [0.15, 0.2) is 90.2 Å². The van der Waals surface area contributed by atoms with Gasteiger partial charge in [0.15, 0.2) is 11.6 Å². The van der Waals surface area contributed by atoms with Gasteiger partial charge in [-0.05, 0) is 35.6 Å². The zero-order valence-electron chi connectivity index (χ0n) is 21.7. The topological polar surface area (TPSA) is 116 Å². The highest BCUT2D eigenvalue weighted by Gasteiger charge is 2.48. The molecular weight excluding hydrogens is 480 g/mol. The number of carbonyl (C=O) groups excluding carboxylic acids is 2. The Morgan fingerprint density at radius 3 is 2.32 bits per heavy atom. The Morgan fingerprint density at radius 2 is 1.68 bits per heavy atom. The number of hydrogen-bond donors (Lipinski definition) is 2. The molecule has 8 heteroatoms. The molecule has 2 aromatic carbocycles. The molecule has 0 bridgehead atoms. The lowest BCUT2D eigenvalue weighted by molar-refractivity contribution is -0.158. The van der Waals surface area contributed by atoms with Gasteiger partial charge < -0.3 is 20.6 Å². The van der Waals surface area contributed by atoms with Crippen molar-refractivity contribution < 1.29 is 19.2 Å². The van der Waals surface area contributed by atoms with Gasteiger partial charge in [0.05, 0.1) is 17.4 Å². The zero-order valence-corrected chi connectivity index (χ0v) is 21.7. The molecule has 3 N–H and O–H groups in total. The minimum Gasteiger partial charge on any atom is -0.457 e. The van der Waals surface area contributed by atoms with Crippen LogP contribution in [0.1, 0.15) is 37.1 Å². The van der Waals surface area contributed by atoms with E-state index in [9.17, 15) is 9.59 Å². The molecule has 0 radical (unpaired) electrons. The van der Waals surface area contributed by atoms with E-state index in [2.05, 4.69) is 15.5 Å². The molecule has 2 heterocycles. The maximum absolute atomic E-state index is 13.6. The number of benzene rings is 2. The van der Waals surface area contributed by atoms with Gasteiger partial charge in [-0.2, -0.15) is 0 Å². The van der Waals surface area contributed by atoms with Crippen molar-refractivity contribution in [2.75, 3.05) is 0 Å². The van der Waals surface area contributed by atoms with Crippen molar-refractivity contribution in [1.29, 1.82) is 0 Å². The van der Waals surface area contributed by atoms with E-state index in [1.807, 2.05) is 60.7 Å². The first-order valence-electron chi connectivity index (χ1n) is 12.8. The van der Waals surface area contributed by atoms with E-state index in [1.165, 1.54) is 0 Å². The second-order valence-corrected chi connectivity index (χ2v) is 9.86. The first-order chi connectivity index (χ1) is 18.4. The Morgan fingerprint density at radius 1 is 1.03 bits per heavy atom. The quantitative estimate of drug-likeness (QED) is 0.298. The van der Waals surface area contributed by atoms with Crippen LogP contribution in [-0.4, -0.2) is 40.3 Å². The Hall–Kier alpha value is -4.04. The number of carbonyl (C=O) groups is 2. The highest BCUT2D eigenvalue weighted by atomic mass is 16.6. The Balaban J connectivity index is 1.48. The van der Waals surface area contributed by atoms with E-state index < -0.39 is 35.5 Å². The summed E-state index contributed by atoms with van der Waals surface area (Å²) in [5.74, 6) is -1.94. The van der Waals surface area contributed by atoms with Gasteiger partial charge in [0, 0.05) is 19.0 Å². The van der Waals surface area contributed by atoms with E-state index >= 15 is 0 Å². The molecule has 0 aliphatic carbocycles. The highest BCUT2D eigenvalue weighted by Crippen LogP contribution is 2.23. The van der Waals surface area contributed by atoms with Crippen LogP contribution < -0.4 is 11.1 Å². The van der Waals surface area contributed by atoms with Crippen molar-refractivity contribution in [1.82, 2.24) is 10.3 Å². The third kappa shape index (κ3) is 6.63. The summed E-state index contributed by atoms with van der Waals surface area (Å²) >= 11 is 0. The summed E-state index contributed by atoms with van der Waals surface area (Å²) in [5.41, 5.74) is 8.20. The lowest BCUT2D eigenvalue weighted by Crippen LogP contribution is -2.65. The average Bonchev–Trinajstić information content (AvgIpc) is 3.40. The SMILES string of the molecule is CC(C)[C@](N)(C(=O)NC(Cc1ccccc1)C1CC(Cc2ccccc2)=NO1)C(=O)OCc1ccccn1. The average molecular weight is 515 g/mol. The van der Waals surface area contributed by atoms with E-state index in [1.54, 1.807) is 38.2 Å². The van der Waals surface area contributed by atoms with Gasteiger partial charge in [-0.3, -0.25) is 9.78 Å². The monoisotopic (exact) mass is 514 g/mol. The number of pyridine rings is 1. The number of nitrogens with one attached hydrogen (secondary N) is 1. The van der Waals surface area contributed by atoms with Gasteiger partial charge in [-0.25, -0.2) is 4.79 Å². The fourth-order valence-electron chi connectivity index (χ4n) is 4.36. The van der Waals surface area contributed by atoms with E-state index in [-0.39, 0.29) is 6.61 Å². The number of esters is 1. The molecule has 1 aliphatic rings. The molecule has 0 fully saturated rings. The molecular formula is C30H34N4O4. The number of aromatic nitrogens is 1. The largest absolute Gasteiger partial charge is 0.457 e. The van der Waals surface area contributed by atoms with E-state index in [4.69, 9.17) is 15.3 Å². The maximum atomic E-state index is 13.6. The lowest BCUT2D eigenvalue weighted by Gasteiger charge is -2.32. The molecule has 1 aromatic heterocycles. The maximum Gasteiger partial charge on any atom is 0.336 e. The molecule has 0 spiro atoms. The van der Waals surface area contributed by atoms with E-state index in [0.29, 0.717) is 25.0 Å². The Bertz CT molecular complexity index is 1230. The van der Waals surface area contributed by atoms with Crippen molar-refractivity contribution in [2.24, 2.45) is 16.8 Å². The Labute approximate surface area is 223 Å². The number of nitrogens with zero attached hydrogens (tertiary/aromatic N) is 2. The molecule has 0 saturated carbocycles. The first-order valence-corrected chi connectivity index (χ1v) is 12.8. The van der Waals surface area contributed by atoms with Crippen LogP contribution >= 0.6 is 0 Å². The van der Waals surface area contributed by atoms with Crippen LogP contribution in [0.4, 0.5) is 0 Å². The number of rotatable bonds is 11. The van der Waals surface area contributed by atoms with Gasteiger partial charge >= 0.3 is 5.97 Å². The summed E-state index contributed by atoms with van der Waals surface area (Å²) in [6, 6.07) is 24.7.